The number of nitrogens with zero attached hydrogens (tertiary/aromatic N) is 3. The zero-order valence-electron chi connectivity index (χ0n) is 18.7. The number of benzene rings is 1. The van der Waals surface area contributed by atoms with Crippen LogP contribution >= 0.6 is 24.0 Å². The Kier molecular flexibility index (Phi) is 9.00. The minimum Gasteiger partial charge on any atom is -0.352 e. The number of likely N-dealkylation sites (tertiary alicyclic amines) is 1. The number of halogens is 1. The average molecular weight is 549 g/mol. The molecule has 0 aromatic heterocycles. The molecular weight excluding hydrogens is 511 g/mol. The molecule has 1 N–H and O–H groups in total. The second-order valence-electron chi connectivity index (χ2n) is 8.98. The lowest BCUT2D eigenvalue weighted by Crippen LogP contribution is -2.57. The quantitative estimate of drug-likeness (QED) is 0.356. The third-order valence-corrected chi connectivity index (χ3v) is 8.96. The molecule has 3 rings (SSSR count). The second-order valence-corrected chi connectivity index (χ2v) is 11.7. The predicted octanol–water partition coefficient (Wildman–Crippen LogP) is 3.26. The van der Waals surface area contributed by atoms with Gasteiger partial charge in [0, 0.05) is 39.3 Å². The molecule has 1 aromatic carbocycles. The van der Waals surface area contributed by atoms with Gasteiger partial charge in [0.15, 0.2) is 15.8 Å². The smallest absolute Gasteiger partial charge is 0.193 e. The zero-order valence-corrected chi connectivity index (χ0v) is 21.9. The molecule has 6 nitrogen and oxygen atoms in total. The number of aliphatic imine (C=N–C) groups is 1. The van der Waals surface area contributed by atoms with Crippen molar-refractivity contribution in [3.8, 4) is 0 Å². The van der Waals surface area contributed by atoms with Gasteiger partial charge in [-0.2, -0.15) is 0 Å². The number of guanidine groups is 1. The number of hydrogen-bond acceptors (Lipinski definition) is 4. The van der Waals surface area contributed by atoms with E-state index in [1.165, 1.54) is 36.9 Å². The van der Waals surface area contributed by atoms with E-state index in [-0.39, 0.29) is 29.7 Å². The van der Waals surface area contributed by atoms with Crippen molar-refractivity contribution in [1.29, 1.82) is 0 Å². The Bertz CT molecular complexity index is 841. The van der Waals surface area contributed by atoms with E-state index in [4.69, 9.17) is 0 Å². The van der Waals surface area contributed by atoms with E-state index in [1.54, 1.807) is 20.9 Å². The molecule has 2 heterocycles. The molecule has 30 heavy (non-hydrogen) atoms. The largest absolute Gasteiger partial charge is 0.352 e. The highest BCUT2D eigenvalue weighted by Gasteiger charge is 2.40. The summed E-state index contributed by atoms with van der Waals surface area (Å²) in [5.41, 5.74) is 2.63. The van der Waals surface area contributed by atoms with Gasteiger partial charge in [-0.3, -0.25) is 9.89 Å². The second kappa shape index (κ2) is 10.6. The molecule has 1 unspecified atom stereocenters. The predicted molar refractivity (Wildman–Crippen MR) is 135 cm³/mol. The van der Waals surface area contributed by atoms with Crippen molar-refractivity contribution in [2.75, 3.05) is 32.4 Å². The molecule has 0 amide bonds. The highest BCUT2D eigenvalue weighted by molar-refractivity contribution is 14.0. The first kappa shape index (κ1) is 25.4. The summed E-state index contributed by atoms with van der Waals surface area (Å²) in [7, 11) is -1.30. The van der Waals surface area contributed by atoms with Crippen LogP contribution in [-0.4, -0.2) is 67.4 Å². The maximum Gasteiger partial charge on any atom is 0.193 e. The number of nitrogens with one attached hydrogen (secondary N) is 1. The third kappa shape index (κ3) is 5.88. The van der Waals surface area contributed by atoms with Gasteiger partial charge in [0.1, 0.15) is 0 Å². The van der Waals surface area contributed by atoms with E-state index in [9.17, 15) is 8.42 Å². The van der Waals surface area contributed by atoms with Crippen LogP contribution in [0.1, 0.15) is 51.2 Å². The summed E-state index contributed by atoms with van der Waals surface area (Å²) >= 11 is 0. The van der Waals surface area contributed by atoms with Gasteiger partial charge in [-0.1, -0.05) is 30.7 Å². The number of rotatable bonds is 4. The van der Waals surface area contributed by atoms with Gasteiger partial charge < -0.3 is 10.2 Å². The highest BCUT2D eigenvalue weighted by Crippen LogP contribution is 2.24. The summed E-state index contributed by atoms with van der Waals surface area (Å²) in [6.45, 7) is 9.71. The van der Waals surface area contributed by atoms with Crippen LogP contribution in [0, 0.1) is 0 Å². The molecule has 2 aliphatic heterocycles. The van der Waals surface area contributed by atoms with Crippen molar-refractivity contribution in [1.82, 2.24) is 15.1 Å². The molecule has 0 saturated carbocycles. The van der Waals surface area contributed by atoms with Crippen molar-refractivity contribution in [2.24, 2.45) is 4.99 Å². The summed E-state index contributed by atoms with van der Waals surface area (Å²) in [6, 6.07) is 9.22. The molecule has 1 atom stereocenters. The molecule has 1 aromatic rings. The van der Waals surface area contributed by atoms with E-state index < -0.39 is 14.6 Å². The van der Waals surface area contributed by atoms with Crippen LogP contribution in [0.25, 0.3) is 0 Å². The zero-order chi connectivity index (χ0) is 21.1. The minimum atomic E-state index is -3.06. The molecule has 170 valence electrons. The van der Waals surface area contributed by atoms with Gasteiger partial charge in [0.05, 0.1) is 10.5 Å². The van der Waals surface area contributed by atoms with Crippen LogP contribution < -0.4 is 5.32 Å². The maximum atomic E-state index is 12.3. The lowest BCUT2D eigenvalue weighted by atomic mass is 10.0. The van der Waals surface area contributed by atoms with E-state index in [2.05, 4.69) is 51.3 Å². The van der Waals surface area contributed by atoms with Crippen molar-refractivity contribution < 1.29 is 8.42 Å². The fourth-order valence-corrected chi connectivity index (χ4v) is 5.69. The summed E-state index contributed by atoms with van der Waals surface area (Å²) in [4.78, 5) is 9.07. The first-order valence-electron chi connectivity index (χ1n) is 10.7. The molecule has 0 aliphatic carbocycles. The Balaban J connectivity index is 0.00000320. The summed E-state index contributed by atoms with van der Waals surface area (Å²) in [6.07, 6.45) is 3.89. The SMILES string of the molecule is CN=C(NCc1ccccc1CN1CCCCC1C)N1CCS(=O)(=O)C(C)(C)C1.I. The van der Waals surface area contributed by atoms with Gasteiger partial charge in [0.2, 0.25) is 0 Å². The standard InChI is InChI=1S/C22H36N4O2S.HI/c1-18-9-7-8-12-25(18)16-20-11-6-5-10-19(20)15-24-21(23-4)26-13-14-29(27,28)22(2,3)17-26;/h5-6,10-11,18H,7-9,12-17H2,1-4H3,(H,23,24);1H. The van der Waals surface area contributed by atoms with Crippen LogP contribution in [0.2, 0.25) is 0 Å². The van der Waals surface area contributed by atoms with Gasteiger partial charge in [-0.25, -0.2) is 8.42 Å². The van der Waals surface area contributed by atoms with Crippen molar-refractivity contribution >= 4 is 39.8 Å². The first-order valence-corrected chi connectivity index (χ1v) is 12.4. The lowest BCUT2D eigenvalue weighted by Gasteiger charge is -2.39. The van der Waals surface area contributed by atoms with Gasteiger partial charge in [0.25, 0.3) is 0 Å². The number of hydrogen-bond donors (Lipinski definition) is 1. The van der Waals surface area contributed by atoms with E-state index in [1.807, 2.05) is 0 Å². The first-order chi connectivity index (χ1) is 13.7. The van der Waals surface area contributed by atoms with Crippen LogP contribution in [0.15, 0.2) is 29.3 Å². The molecule has 2 fully saturated rings. The van der Waals surface area contributed by atoms with Crippen LogP contribution in [-0.2, 0) is 22.9 Å². The molecule has 0 radical (unpaired) electrons. The molecule has 2 saturated heterocycles. The van der Waals surface area contributed by atoms with E-state index in [0.717, 1.165) is 12.5 Å². The summed E-state index contributed by atoms with van der Waals surface area (Å²) < 4.78 is 23.9. The Morgan fingerprint density at radius 1 is 1.20 bits per heavy atom. The summed E-state index contributed by atoms with van der Waals surface area (Å²) in [5.74, 6) is 0.943. The average Bonchev–Trinajstić information content (AvgIpc) is 2.68. The molecule has 8 heteroatoms. The van der Waals surface area contributed by atoms with Crippen molar-refractivity contribution in [2.45, 2.75) is 63.9 Å². The Hall–Kier alpha value is -0.870. The fraction of sp³-hybridized carbons (Fsp3) is 0.682. The Morgan fingerprint density at radius 3 is 2.53 bits per heavy atom. The van der Waals surface area contributed by atoms with E-state index in [0.29, 0.717) is 25.7 Å². The fourth-order valence-electron chi connectivity index (χ4n) is 4.33. The summed E-state index contributed by atoms with van der Waals surface area (Å²) in [5, 5.41) is 3.47. The molecular formula is C22H37IN4O2S. The van der Waals surface area contributed by atoms with Gasteiger partial charge >= 0.3 is 0 Å². The Morgan fingerprint density at radius 2 is 1.90 bits per heavy atom. The Labute approximate surface area is 199 Å². The number of piperidine rings is 1. The van der Waals surface area contributed by atoms with Gasteiger partial charge in [-0.15, -0.1) is 24.0 Å². The maximum absolute atomic E-state index is 12.3. The molecule has 0 spiro atoms. The monoisotopic (exact) mass is 548 g/mol. The van der Waals surface area contributed by atoms with Crippen LogP contribution in [0.4, 0.5) is 0 Å². The molecule has 2 aliphatic rings. The van der Waals surface area contributed by atoms with E-state index >= 15 is 0 Å². The third-order valence-electron chi connectivity index (χ3n) is 6.42. The minimum absolute atomic E-state index is 0. The normalized spacial score (nSPS) is 24.2. The lowest BCUT2D eigenvalue weighted by molar-refractivity contribution is 0.152. The molecule has 0 bridgehead atoms. The van der Waals surface area contributed by atoms with Crippen LogP contribution in [0.5, 0.6) is 0 Å². The highest BCUT2D eigenvalue weighted by atomic mass is 127. The number of sulfone groups is 1. The van der Waals surface area contributed by atoms with Crippen LogP contribution in [0.3, 0.4) is 0 Å². The van der Waals surface area contributed by atoms with Crippen molar-refractivity contribution in [3.05, 3.63) is 35.4 Å². The van der Waals surface area contributed by atoms with Gasteiger partial charge in [-0.05, 0) is 51.3 Å². The van der Waals surface area contributed by atoms with Crippen molar-refractivity contribution in [3.63, 3.8) is 0 Å². The topological polar surface area (TPSA) is 65.0 Å².